The van der Waals surface area contributed by atoms with Crippen molar-refractivity contribution < 1.29 is 9.59 Å². The van der Waals surface area contributed by atoms with Crippen LogP contribution in [0.2, 0.25) is 0 Å². The molecule has 0 bridgehead atoms. The lowest BCUT2D eigenvalue weighted by molar-refractivity contribution is -0.150. The normalized spacial score (nSPS) is 14.6. The van der Waals surface area contributed by atoms with E-state index >= 15 is 0 Å². The molecule has 0 spiro atoms. The summed E-state index contributed by atoms with van der Waals surface area (Å²) < 4.78 is 0. The maximum absolute atomic E-state index is 12.0. The van der Waals surface area contributed by atoms with Crippen LogP contribution < -0.4 is 0 Å². The van der Waals surface area contributed by atoms with E-state index in [0.717, 1.165) is 18.4 Å². The Hall–Kier alpha value is -1.84. The van der Waals surface area contributed by atoms with Gasteiger partial charge in [-0.05, 0) is 18.4 Å². The molecule has 1 saturated heterocycles. The average molecular weight is 246 g/mol. The van der Waals surface area contributed by atoms with Crippen molar-refractivity contribution >= 4 is 11.8 Å². The van der Waals surface area contributed by atoms with Crippen molar-refractivity contribution in [2.45, 2.75) is 19.4 Å². The minimum absolute atomic E-state index is 0.370. The highest BCUT2D eigenvalue weighted by molar-refractivity contribution is 6.34. The van der Waals surface area contributed by atoms with Crippen LogP contribution in [0, 0.1) is 0 Å². The van der Waals surface area contributed by atoms with E-state index < -0.39 is 5.91 Å². The van der Waals surface area contributed by atoms with Gasteiger partial charge in [-0.15, -0.1) is 0 Å². The second kappa shape index (κ2) is 5.67. The zero-order valence-electron chi connectivity index (χ0n) is 10.6. The van der Waals surface area contributed by atoms with Gasteiger partial charge in [-0.25, -0.2) is 0 Å². The molecule has 2 rings (SSSR count). The van der Waals surface area contributed by atoms with E-state index in [4.69, 9.17) is 0 Å². The largest absolute Gasteiger partial charge is 0.334 e. The van der Waals surface area contributed by atoms with Gasteiger partial charge in [0, 0.05) is 26.7 Å². The fourth-order valence-electron chi connectivity index (χ4n) is 2.15. The molecule has 1 aliphatic rings. The lowest BCUT2D eigenvalue weighted by Gasteiger charge is -2.20. The highest BCUT2D eigenvalue weighted by Gasteiger charge is 2.26. The molecule has 0 unspecified atom stereocenters. The Morgan fingerprint density at radius 3 is 2.39 bits per heavy atom. The van der Waals surface area contributed by atoms with Gasteiger partial charge in [-0.2, -0.15) is 0 Å². The molecule has 4 heteroatoms. The Bertz CT molecular complexity index is 425. The number of hydrogen-bond acceptors (Lipinski definition) is 2. The number of likely N-dealkylation sites (tertiary alicyclic amines) is 1. The summed E-state index contributed by atoms with van der Waals surface area (Å²) in [5, 5.41) is 0. The topological polar surface area (TPSA) is 40.6 Å². The van der Waals surface area contributed by atoms with Crippen molar-refractivity contribution in [2.75, 3.05) is 20.1 Å². The molecule has 0 radical (unpaired) electrons. The highest BCUT2D eigenvalue weighted by Crippen LogP contribution is 2.09. The van der Waals surface area contributed by atoms with E-state index in [2.05, 4.69) is 0 Å². The van der Waals surface area contributed by atoms with Crippen LogP contribution in [0.3, 0.4) is 0 Å². The van der Waals surface area contributed by atoms with Crippen molar-refractivity contribution in [3.8, 4) is 0 Å². The van der Waals surface area contributed by atoms with Crippen LogP contribution >= 0.6 is 0 Å². The van der Waals surface area contributed by atoms with Gasteiger partial charge in [0.25, 0.3) is 0 Å². The van der Waals surface area contributed by atoms with Crippen LogP contribution in [0.5, 0.6) is 0 Å². The molecule has 0 aliphatic carbocycles. The van der Waals surface area contributed by atoms with Gasteiger partial charge in [-0.1, -0.05) is 30.3 Å². The Morgan fingerprint density at radius 2 is 1.78 bits per heavy atom. The fraction of sp³-hybridized carbons (Fsp3) is 0.429. The second-order valence-electron chi connectivity index (χ2n) is 4.65. The molecule has 96 valence electrons. The van der Waals surface area contributed by atoms with Crippen LogP contribution in [-0.2, 0) is 16.1 Å². The van der Waals surface area contributed by atoms with Crippen molar-refractivity contribution in [3.63, 3.8) is 0 Å². The fourth-order valence-corrected chi connectivity index (χ4v) is 2.15. The van der Waals surface area contributed by atoms with Crippen LogP contribution in [0.4, 0.5) is 0 Å². The maximum atomic E-state index is 12.0. The molecule has 0 aromatic heterocycles. The number of amides is 2. The molecule has 0 N–H and O–H groups in total. The first-order chi connectivity index (χ1) is 8.68. The Labute approximate surface area is 107 Å². The molecule has 2 amide bonds. The summed E-state index contributed by atoms with van der Waals surface area (Å²) in [6.07, 6.45) is 2.00. The van der Waals surface area contributed by atoms with Crippen LogP contribution in [0.1, 0.15) is 18.4 Å². The molecule has 1 aromatic rings. The number of rotatable bonds is 2. The SMILES string of the molecule is CN(Cc1ccccc1)C(=O)C(=O)N1CCCC1. The summed E-state index contributed by atoms with van der Waals surface area (Å²) in [5.41, 5.74) is 1.03. The minimum Gasteiger partial charge on any atom is -0.334 e. The first kappa shape index (κ1) is 12.6. The molecule has 0 atom stereocenters. The predicted octanol–water partition coefficient (Wildman–Crippen LogP) is 1.27. The van der Waals surface area contributed by atoms with Gasteiger partial charge in [0.05, 0.1) is 0 Å². The number of nitrogens with zero attached hydrogens (tertiary/aromatic N) is 2. The number of carbonyl (C=O) groups is 2. The summed E-state index contributed by atoms with van der Waals surface area (Å²) in [6, 6.07) is 9.68. The Balaban J connectivity index is 1.94. The zero-order chi connectivity index (χ0) is 13.0. The minimum atomic E-state index is -0.416. The van der Waals surface area contributed by atoms with Crippen LogP contribution in [0.25, 0.3) is 0 Å². The van der Waals surface area contributed by atoms with Crippen molar-refractivity contribution in [1.82, 2.24) is 9.80 Å². The van der Waals surface area contributed by atoms with E-state index in [-0.39, 0.29) is 5.91 Å². The average Bonchev–Trinajstić information content (AvgIpc) is 2.92. The summed E-state index contributed by atoms with van der Waals surface area (Å²) >= 11 is 0. The second-order valence-corrected chi connectivity index (χ2v) is 4.65. The molecule has 1 aliphatic heterocycles. The lowest BCUT2D eigenvalue weighted by Crippen LogP contribution is -2.42. The molecule has 1 fully saturated rings. The Morgan fingerprint density at radius 1 is 1.17 bits per heavy atom. The lowest BCUT2D eigenvalue weighted by atomic mass is 10.2. The van der Waals surface area contributed by atoms with Crippen molar-refractivity contribution in [3.05, 3.63) is 35.9 Å². The van der Waals surface area contributed by atoms with Gasteiger partial charge in [0.15, 0.2) is 0 Å². The third-order valence-electron chi connectivity index (χ3n) is 3.19. The number of carbonyl (C=O) groups excluding carboxylic acids is 2. The number of hydrogen-bond donors (Lipinski definition) is 0. The van der Waals surface area contributed by atoms with E-state index in [1.807, 2.05) is 30.3 Å². The van der Waals surface area contributed by atoms with Gasteiger partial charge < -0.3 is 9.80 Å². The van der Waals surface area contributed by atoms with E-state index in [9.17, 15) is 9.59 Å². The summed E-state index contributed by atoms with van der Waals surface area (Å²) in [6.45, 7) is 1.90. The monoisotopic (exact) mass is 246 g/mol. The third kappa shape index (κ3) is 2.88. The quantitative estimate of drug-likeness (QED) is 0.737. The van der Waals surface area contributed by atoms with Crippen LogP contribution in [0.15, 0.2) is 30.3 Å². The van der Waals surface area contributed by atoms with Gasteiger partial charge in [-0.3, -0.25) is 9.59 Å². The molecule has 18 heavy (non-hydrogen) atoms. The first-order valence-corrected chi connectivity index (χ1v) is 6.27. The first-order valence-electron chi connectivity index (χ1n) is 6.27. The van der Waals surface area contributed by atoms with Gasteiger partial charge in [0.2, 0.25) is 0 Å². The smallest absolute Gasteiger partial charge is 0.312 e. The van der Waals surface area contributed by atoms with E-state index in [0.29, 0.717) is 19.6 Å². The van der Waals surface area contributed by atoms with E-state index in [1.165, 1.54) is 4.90 Å². The molecular weight excluding hydrogens is 228 g/mol. The maximum Gasteiger partial charge on any atom is 0.312 e. The third-order valence-corrected chi connectivity index (χ3v) is 3.19. The van der Waals surface area contributed by atoms with Crippen molar-refractivity contribution in [1.29, 1.82) is 0 Å². The number of likely N-dealkylation sites (N-methyl/N-ethyl adjacent to an activating group) is 1. The van der Waals surface area contributed by atoms with Crippen LogP contribution in [-0.4, -0.2) is 41.8 Å². The molecule has 4 nitrogen and oxygen atoms in total. The molecule has 1 aromatic carbocycles. The standard InChI is InChI=1S/C14H18N2O2/c1-15(11-12-7-3-2-4-8-12)13(17)14(18)16-9-5-6-10-16/h2-4,7-8H,5-6,9-11H2,1H3. The summed E-state index contributed by atoms with van der Waals surface area (Å²) in [5.74, 6) is -0.785. The molecular formula is C14H18N2O2. The summed E-state index contributed by atoms with van der Waals surface area (Å²) in [4.78, 5) is 27.0. The highest BCUT2D eigenvalue weighted by atomic mass is 16.2. The van der Waals surface area contributed by atoms with Crippen molar-refractivity contribution in [2.24, 2.45) is 0 Å². The summed E-state index contributed by atoms with van der Waals surface area (Å²) in [7, 11) is 1.67. The predicted molar refractivity (Wildman–Crippen MR) is 68.7 cm³/mol. The zero-order valence-corrected chi connectivity index (χ0v) is 10.6. The van der Waals surface area contributed by atoms with E-state index in [1.54, 1.807) is 11.9 Å². The van der Waals surface area contributed by atoms with Gasteiger partial charge >= 0.3 is 11.8 Å². The molecule has 0 saturated carbocycles. The van der Waals surface area contributed by atoms with Gasteiger partial charge in [0.1, 0.15) is 0 Å². The molecule has 1 heterocycles. The number of benzene rings is 1. The Kier molecular flexibility index (Phi) is 3.97.